The minimum atomic E-state index is -1.12. The molecule has 0 fully saturated rings. The van der Waals surface area contributed by atoms with E-state index >= 15 is 0 Å². The van der Waals surface area contributed by atoms with Crippen LogP contribution < -0.4 is 5.32 Å². The highest BCUT2D eigenvalue weighted by Crippen LogP contribution is 2.13. The Hall–Kier alpha value is -1.59. The number of carbonyl (C=O) groups is 3. The number of carboxylic acids is 1. The Kier molecular flexibility index (Phi) is 25.3. The van der Waals surface area contributed by atoms with Gasteiger partial charge in [-0.1, -0.05) is 136 Å². The summed E-state index contributed by atoms with van der Waals surface area (Å²) in [6, 6.07) is -1.11. The maximum atomic E-state index is 12.3. The first-order valence-corrected chi connectivity index (χ1v) is 15.2. The number of esters is 1. The molecule has 0 bridgehead atoms. The third kappa shape index (κ3) is 24.1. The van der Waals surface area contributed by atoms with E-state index in [1.807, 2.05) is 0 Å². The molecule has 2 N–H and O–H groups in total. The summed E-state index contributed by atoms with van der Waals surface area (Å²) >= 11 is 0. The Bertz CT molecular complexity index is 537. The number of amides is 1. The van der Waals surface area contributed by atoms with Gasteiger partial charge in [-0.3, -0.25) is 9.59 Å². The number of hydrogen-bond acceptors (Lipinski definition) is 4. The molecule has 0 aliphatic carbocycles. The lowest BCUT2D eigenvalue weighted by Crippen LogP contribution is -2.43. The molecule has 0 rings (SSSR count). The molecule has 0 aliphatic heterocycles. The van der Waals surface area contributed by atoms with Crippen molar-refractivity contribution in [3.63, 3.8) is 0 Å². The molecule has 0 saturated carbocycles. The molecule has 0 spiro atoms. The van der Waals surface area contributed by atoms with Gasteiger partial charge in [0.05, 0.1) is 13.0 Å². The number of carboxylic acid groups (broad SMARTS) is 1. The van der Waals surface area contributed by atoms with Crippen molar-refractivity contribution in [2.24, 2.45) is 0 Å². The molecule has 1 amide bonds. The van der Waals surface area contributed by atoms with Crippen LogP contribution in [0.25, 0.3) is 0 Å². The Morgan fingerprint density at radius 1 is 0.611 bits per heavy atom. The maximum absolute atomic E-state index is 12.3. The number of ether oxygens (including phenoxy) is 1. The predicted octanol–water partition coefficient (Wildman–Crippen LogP) is 8.11. The molecular formula is C30H57NO5. The van der Waals surface area contributed by atoms with Crippen molar-refractivity contribution >= 4 is 17.8 Å². The Morgan fingerprint density at radius 3 is 1.42 bits per heavy atom. The Labute approximate surface area is 221 Å². The van der Waals surface area contributed by atoms with Crippen LogP contribution in [0.15, 0.2) is 0 Å². The second-order valence-corrected chi connectivity index (χ2v) is 10.4. The fourth-order valence-electron chi connectivity index (χ4n) is 4.45. The lowest BCUT2D eigenvalue weighted by molar-refractivity contribution is -0.151. The molecule has 0 saturated heterocycles. The SMILES string of the molecule is CCCCCCCCCCCCCOC(=O)[C@H](CC(=O)O)NC(=O)CCCCCCCCCCCC. The van der Waals surface area contributed by atoms with Gasteiger partial charge in [-0.25, -0.2) is 4.79 Å². The van der Waals surface area contributed by atoms with Gasteiger partial charge in [-0.15, -0.1) is 0 Å². The van der Waals surface area contributed by atoms with Crippen LogP contribution in [0, 0.1) is 0 Å². The minimum Gasteiger partial charge on any atom is -0.481 e. The largest absolute Gasteiger partial charge is 0.481 e. The standard InChI is InChI=1S/C30H57NO5/c1-3-5-7-9-11-13-15-17-19-21-23-25-36-30(35)27(26-29(33)34)31-28(32)24-22-20-18-16-14-12-10-8-6-4-2/h27H,3-26H2,1-2H3,(H,31,32)(H,33,34)/t27-/m0/s1. The van der Waals surface area contributed by atoms with Crippen LogP contribution in [-0.4, -0.2) is 35.6 Å². The highest BCUT2D eigenvalue weighted by molar-refractivity contribution is 5.87. The summed E-state index contributed by atoms with van der Waals surface area (Å²) in [5.41, 5.74) is 0. The second kappa shape index (κ2) is 26.5. The van der Waals surface area contributed by atoms with Gasteiger partial charge in [0.2, 0.25) is 5.91 Å². The first-order valence-electron chi connectivity index (χ1n) is 15.2. The van der Waals surface area contributed by atoms with Crippen LogP contribution >= 0.6 is 0 Å². The Morgan fingerprint density at radius 2 is 1.00 bits per heavy atom. The van der Waals surface area contributed by atoms with Gasteiger partial charge in [0, 0.05) is 6.42 Å². The fraction of sp³-hybridized carbons (Fsp3) is 0.900. The Balaban J connectivity index is 3.86. The molecule has 0 heterocycles. The van der Waals surface area contributed by atoms with Crippen molar-refractivity contribution in [1.29, 1.82) is 0 Å². The molecule has 6 nitrogen and oxygen atoms in total. The average molecular weight is 512 g/mol. The van der Waals surface area contributed by atoms with Gasteiger partial charge < -0.3 is 15.2 Å². The minimum absolute atomic E-state index is 0.271. The van der Waals surface area contributed by atoms with Crippen molar-refractivity contribution in [3.05, 3.63) is 0 Å². The maximum Gasteiger partial charge on any atom is 0.329 e. The quantitative estimate of drug-likeness (QED) is 0.0858. The number of unbranched alkanes of at least 4 members (excludes halogenated alkanes) is 19. The van der Waals surface area contributed by atoms with E-state index in [1.165, 1.54) is 96.3 Å². The summed E-state index contributed by atoms with van der Waals surface area (Å²) < 4.78 is 5.28. The number of nitrogens with one attached hydrogen (secondary N) is 1. The van der Waals surface area contributed by atoms with E-state index in [0.29, 0.717) is 6.42 Å². The molecule has 212 valence electrons. The van der Waals surface area contributed by atoms with Crippen LogP contribution in [0.2, 0.25) is 0 Å². The van der Waals surface area contributed by atoms with E-state index in [0.717, 1.165) is 38.5 Å². The van der Waals surface area contributed by atoms with Gasteiger partial charge in [0.15, 0.2) is 0 Å². The molecule has 6 heteroatoms. The van der Waals surface area contributed by atoms with E-state index in [4.69, 9.17) is 9.84 Å². The van der Waals surface area contributed by atoms with Crippen LogP contribution in [-0.2, 0) is 19.1 Å². The lowest BCUT2D eigenvalue weighted by Gasteiger charge is -2.16. The highest BCUT2D eigenvalue weighted by Gasteiger charge is 2.24. The third-order valence-electron chi connectivity index (χ3n) is 6.75. The van der Waals surface area contributed by atoms with Gasteiger partial charge in [-0.05, 0) is 12.8 Å². The molecule has 0 aromatic rings. The van der Waals surface area contributed by atoms with E-state index in [2.05, 4.69) is 19.2 Å². The molecule has 0 unspecified atom stereocenters. The molecular weight excluding hydrogens is 454 g/mol. The molecule has 0 radical (unpaired) electrons. The first-order chi connectivity index (χ1) is 17.5. The number of hydrogen-bond donors (Lipinski definition) is 2. The normalized spacial score (nSPS) is 11.8. The molecule has 0 aromatic carbocycles. The summed E-state index contributed by atoms with van der Waals surface area (Å²) in [5.74, 6) is -2.03. The van der Waals surface area contributed by atoms with Gasteiger partial charge in [-0.2, -0.15) is 0 Å². The number of aliphatic carboxylic acids is 1. The smallest absolute Gasteiger partial charge is 0.329 e. The average Bonchev–Trinajstić information content (AvgIpc) is 2.85. The van der Waals surface area contributed by atoms with Gasteiger partial charge in [0.25, 0.3) is 0 Å². The summed E-state index contributed by atoms with van der Waals surface area (Å²) in [5, 5.41) is 11.7. The molecule has 0 aromatic heterocycles. The zero-order valence-electron chi connectivity index (χ0n) is 23.6. The van der Waals surface area contributed by atoms with Crippen molar-refractivity contribution in [2.75, 3.05) is 6.61 Å². The monoisotopic (exact) mass is 511 g/mol. The van der Waals surface area contributed by atoms with E-state index < -0.39 is 24.4 Å². The van der Waals surface area contributed by atoms with Crippen LogP contribution in [0.3, 0.4) is 0 Å². The van der Waals surface area contributed by atoms with E-state index in [-0.39, 0.29) is 12.5 Å². The van der Waals surface area contributed by atoms with Crippen molar-refractivity contribution in [1.82, 2.24) is 5.32 Å². The zero-order valence-corrected chi connectivity index (χ0v) is 23.6. The topological polar surface area (TPSA) is 92.7 Å². The summed E-state index contributed by atoms with van der Waals surface area (Å²) in [6.45, 7) is 4.74. The van der Waals surface area contributed by atoms with E-state index in [9.17, 15) is 14.4 Å². The number of rotatable bonds is 27. The van der Waals surface area contributed by atoms with Crippen molar-refractivity contribution < 1.29 is 24.2 Å². The third-order valence-corrected chi connectivity index (χ3v) is 6.75. The summed E-state index contributed by atoms with van der Waals surface area (Å²) in [7, 11) is 0. The first kappa shape index (κ1) is 34.4. The van der Waals surface area contributed by atoms with Crippen LogP contribution in [0.4, 0.5) is 0 Å². The molecule has 0 aliphatic rings. The van der Waals surface area contributed by atoms with Gasteiger partial charge >= 0.3 is 11.9 Å². The predicted molar refractivity (Wildman–Crippen MR) is 148 cm³/mol. The highest BCUT2D eigenvalue weighted by atomic mass is 16.5. The zero-order chi connectivity index (χ0) is 26.7. The summed E-state index contributed by atoms with van der Waals surface area (Å²) in [4.78, 5) is 35.7. The second-order valence-electron chi connectivity index (χ2n) is 10.4. The fourth-order valence-corrected chi connectivity index (χ4v) is 4.45. The van der Waals surface area contributed by atoms with Gasteiger partial charge in [0.1, 0.15) is 6.04 Å². The lowest BCUT2D eigenvalue weighted by atomic mass is 10.1. The van der Waals surface area contributed by atoms with Crippen LogP contribution in [0.1, 0.15) is 162 Å². The number of carbonyl (C=O) groups excluding carboxylic acids is 2. The van der Waals surface area contributed by atoms with E-state index in [1.54, 1.807) is 0 Å². The van der Waals surface area contributed by atoms with Crippen LogP contribution in [0.5, 0.6) is 0 Å². The van der Waals surface area contributed by atoms with Crippen molar-refractivity contribution in [3.8, 4) is 0 Å². The summed E-state index contributed by atoms with van der Waals surface area (Å²) in [6.07, 6.45) is 25.0. The van der Waals surface area contributed by atoms with Crippen molar-refractivity contribution in [2.45, 2.75) is 168 Å². The molecule has 36 heavy (non-hydrogen) atoms. The molecule has 1 atom stereocenters.